The Morgan fingerprint density at radius 1 is 1.13 bits per heavy atom. The van der Waals surface area contributed by atoms with Crippen molar-refractivity contribution in [3.05, 3.63) is 29.8 Å². The monoisotopic (exact) mass is 425 g/mol. The van der Waals surface area contributed by atoms with Crippen LogP contribution in [0.1, 0.15) is 24.8 Å². The van der Waals surface area contributed by atoms with Gasteiger partial charge in [-0.2, -0.15) is 4.98 Å². The number of morpholine rings is 1. The zero-order valence-corrected chi connectivity index (χ0v) is 17.4. The second-order valence-electron chi connectivity index (χ2n) is 8.22. The number of aliphatic hydroxyl groups is 1. The molecular formula is C22H27N5O4. The molecule has 1 saturated heterocycles. The van der Waals surface area contributed by atoms with Gasteiger partial charge >= 0.3 is 6.03 Å². The van der Waals surface area contributed by atoms with Crippen molar-refractivity contribution >= 4 is 17.5 Å². The second kappa shape index (κ2) is 8.32. The molecule has 1 spiro atoms. The summed E-state index contributed by atoms with van der Waals surface area (Å²) < 4.78 is 11.9. The molecule has 5 rings (SSSR count). The van der Waals surface area contributed by atoms with Gasteiger partial charge in [-0.3, -0.25) is 0 Å². The first-order valence-corrected chi connectivity index (χ1v) is 10.8. The number of aliphatic hydroxyl groups excluding tert-OH is 1. The Hall–Kier alpha value is -2.91. The highest BCUT2D eigenvalue weighted by Gasteiger charge is 2.48. The van der Waals surface area contributed by atoms with E-state index in [9.17, 15) is 4.79 Å². The van der Waals surface area contributed by atoms with Gasteiger partial charge in [-0.1, -0.05) is 0 Å². The summed E-state index contributed by atoms with van der Waals surface area (Å²) in [6.07, 6.45) is 4.15. The van der Waals surface area contributed by atoms with Gasteiger partial charge in [0, 0.05) is 30.9 Å². The Morgan fingerprint density at radius 3 is 2.61 bits per heavy atom. The van der Waals surface area contributed by atoms with Crippen LogP contribution in [0.15, 0.2) is 24.3 Å². The highest BCUT2D eigenvalue weighted by molar-refractivity contribution is 5.89. The first-order chi connectivity index (χ1) is 15.2. The molecule has 164 valence electrons. The Morgan fingerprint density at radius 2 is 1.90 bits per heavy atom. The van der Waals surface area contributed by atoms with Crippen LogP contribution in [0.2, 0.25) is 0 Å². The predicted octanol–water partition coefficient (Wildman–Crippen LogP) is 1.95. The van der Waals surface area contributed by atoms with Gasteiger partial charge in [0.2, 0.25) is 5.88 Å². The van der Waals surface area contributed by atoms with Crippen LogP contribution < -0.4 is 20.3 Å². The highest BCUT2D eigenvalue weighted by Crippen LogP contribution is 2.49. The van der Waals surface area contributed by atoms with Gasteiger partial charge in [0.05, 0.1) is 25.4 Å². The van der Waals surface area contributed by atoms with Gasteiger partial charge in [0.25, 0.3) is 0 Å². The number of ether oxygens (including phenoxy) is 2. The fourth-order valence-electron chi connectivity index (χ4n) is 4.07. The number of fused-ring (bicyclic) bond motifs is 1. The van der Waals surface area contributed by atoms with Gasteiger partial charge < -0.3 is 30.1 Å². The zero-order valence-electron chi connectivity index (χ0n) is 17.4. The first-order valence-electron chi connectivity index (χ1n) is 10.8. The van der Waals surface area contributed by atoms with Crippen LogP contribution in [0.25, 0.3) is 11.4 Å². The van der Waals surface area contributed by atoms with Crippen molar-refractivity contribution in [2.24, 2.45) is 0 Å². The Balaban J connectivity index is 1.42. The average molecular weight is 425 g/mol. The van der Waals surface area contributed by atoms with Crippen LogP contribution in [0, 0.1) is 0 Å². The second-order valence-corrected chi connectivity index (χ2v) is 8.22. The van der Waals surface area contributed by atoms with E-state index in [1.54, 1.807) is 0 Å². The molecule has 2 fully saturated rings. The third-order valence-electron chi connectivity index (χ3n) is 6.01. The number of carbonyl (C=O) groups excluding carboxylic acids is 1. The highest BCUT2D eigenvalue weighted by atomic mass is 16.5. The van der Waals surface area contributed by atoms with Crippen LogP contribution in [0.5, 0.6) is 5.88 Å². The van der Waals surface area contributed by atoms with Crippen LogP contribution in [-0.2, 0) is 11.2 Å². The number of carbonyl (C=O) groups is 1. The van der Waals surface area contributed by atoms with Crippen molar-refractivity contribution in [2.75, 3.05) is 49.7 Å². The lowest BCUT2D eigenvalue weighted by Crippen LogP contribution is -2.38. The largest absolute Gasteiger partial charge is 0.471 e. The van der Waals surface area contributed by atoms with Gasteiger partial charge in [-0.25, -0.2) is 9.78 Å². The van der Waals surface area contributed by atoms with Crippen molar-refractivity contribution in [3.8, 4) is 17.3 Å². The number of anilines is 2. The maximum atomic E-state index is 11.8. The number of hydrogen-bond acceptors (Lipinski definition) is 7. The third kappa shape index (κ3) is 4.28. The van der Waals surface area contributed by atoms with E-state index < -0.39 is 0 Å². The Bertz CT molecular complexity index is 955. The summed E-state index contributed by atoms with van der Waals surface area (Å²) in [5.74, 6) is 2.28. The molecule has 1 aromatic heterocycles. The molecule has 2 amide bonds. The molecule has 0 bridgehead atoms. The van der Waals surface area contributed by atoms with Crippen LogP contribution in [-0.4, -0.2) is 66.2 Å². The van der Waals surface area contributed by atoms with E-state index >= 15 is 0 Å². The molecule has 9 heteroatoms. The lowest BCUT2D eigenvalue weighted by atomic mass is 10.0. The number of benzene rings is 1. The van der Waals surface area contributed by atoms with E-state index in [0.29, 0.717) is 30.6 Å². The molecule has 0 unspecified atom stereocenters. The quantitative estimate of drug-likeness (QED) is 0.672. The summed E-state index contributed by atoms with van der Waals surface area (Å²) >= 11 is 0. The fraction of sp³-hybridized carbons (Fsp3) is 0.500. The van der Waals surface area contributed by atoms with Gasteiger partial charge in [-0.05, 0) is 49.9 Å². The Labute approximate surface area is 180 Å². The zero-order chi connectivity index (χ0) is 21.3. The number of rotatable bonds is 5. The normalized spacial score (nSPS) is 18.8. The SMILES string of the molecule is O=C(NCCO)Nc1ccc(-c2nc3c(c(N4CCOCC4)n2)CCC2(CC2)O3)cc1. The number of urea groups is 1. The summed E-state index contributed by atoms with van der Waals surface area (Å²) in [6, 6.07) is 7.05. The maximum absolute atomic E-state index is 11.8. The number of amides is 2. The van der Waals surface area contributed by atoms with Crippen LogP contribution in [0.4, 0.5) is 16.3 Å². The lowest BCUT2D eigenvalue weighted by Gasteiger charge is -2.33. The molecule has 1 aliphatic carbocycles. The van der Waals surface area contributed by atoms with E-state index in [4.69, 9.17) is 24.5 Å². The summed E-state index contributed by atoms with van der Waals surface area (Å²) in [7, 11) is 0. The molecule has 0 atom stereocenters. The number of nitrogens with zero attached hydrogens (tertiary/aromatic N) is 3. The minimum absolute atomic E-state index is 0.0173. The van der Waals surface area contributed by atoms with E-state index in [2.05, 4.69) is 15.5 Å². The van der Waals surface area contributed by atoms with Crippen LogP contribution in [0.3, 0.4) is 0 Å². The van der Waals surface area contributed by atoms with Crippen molar-refractivity contribution < 1.29 is 19.4 Å². The molecule has 1 saturated carbocycles. The predicted molar refractivity (Wildman–Crippen MR) is 116 cm³/mol. The molecule has 9 nitrogen and oxygen atoms in total. The summed E-state index contributed by atoms with van der Waals surface area (Å²) in [5.41, 5.74) is 2.59. The van der Waals surface area contributed by atoms with E-state index in [1.807, 2.05) is 24.3 Å². The van der Waals surface area contributed by atoms with Gasteiger partial charge in [-0.15, -0.1) is 0 Å². The molecule has 2 aliphatic heterocycles. The number of aromatic nitrogens is 2. The molecule has 3 aliphatic rings. The topological polar surface area (TPSA) is 109 Å². The first kappa shape index (κ1) is 20.0. The molecular weight excluding hydrogens is 398 g/mol. The van der Waals surface area contributed by atoms with Gasteiger partial charge in [0.1, 0.15) is 11.4 Å². The number of nitrogens with one attached hydrogen (secondary N) is 2. The van der Waals surface area contributed by atoms with Crippen molar-refractivity contribution in [1.29, 1.82) is 0 Å². The average Bonchev–Trinajstić information content (AvgIpc) is 3.56. The van der Waals surface area contributed by atoms with Crippen molar-refractivity contribution in [2.45, 2.75) is 31.3 Å². The van der Waals surface area contributed by atoms with E-state index in [1.165, 1.54) is 0 Å². The lowest BCUT2D eigenvalue weighted by molar-refractivity contribution is 0.121. The third-order valence-corrected chi connectivity index (χ3v) is 6.01. The number of hydrogen-bond donors (Lipinski definition) is 3. The van der Waals surface area contributed by atoms with Gasteiger partial charge in [0.15, 0.2) is 5.82 Å². The molecule has 0 radical (unpaired) electrons. The summed E-state index contributed by atoms with van der Waals surface area (Å²) in [6.45, 7) is 3.10. The molecule has 1 aromatic carbocycles. The molecule has 3 N–H and O–H groups in total. The standard InChI is InChI=1S/C22H27N5O4/c28-12-9-23-21(29)24-16-3-1-15(2-4-16)18-25-19(27-10-13-30-14-11-27)17-5-6-22(7-8-22)31-20(17)26-18/h1-4,28H,5-14H2,(H2,23,24,29). The van der Waals surface area contributed by atoms with E-state index in [-0.39, 0.29) is 24.8 Å². The smallest absolute Gasteiger partial charge is 0.319 e. The summed E-state index contributed by atoms with van der Waals surface area (Å²) in [4.78, 5) is 23.8. The maximum Gasteiger partial charge on any atom is 0.319 e. The van der Waals surface area contributed by atoms with Crippen LogP contribution >= 0.6 is 0 Å². The molecule has 2 aromatic rings. The fourth-order valence-corrected chi connectivity index (χ4v) is 4.07. The van der Waals surface area contributed by atoms with Crippen molar-refractivity contribution in [1.82, 2.24) is 15.3 Å². The summed E-state index contributed by atoms with van der Waals surface area (Å²) in [5, 5.41) is 14.1. The molecule has 31 heavy (non-hydrogen) atoms. The minimum Gasteiger partial charge on any atom is -0.471 e. The Kier molecular flexibility index (Phi) is 5.37. The molecule has 3 heterocycles. The minimum atomic E-state index is -0.357. The van der Waals surface area contributed by atoms with Crippen molar-refractivity contribution in [3.63, 3.8) is 0 Å². The van der Waals surface area contributed by atoms with E-state index in [0.717, 1.165) is 55.7 Å².